The van der Waals surface area contributed by atoms with E-state index in [1.807, 2.05) is 5.38 Å². The molecule has 2 fully saturated rings. The van der Waals surface area contributed by atoms with Gasteiger partial charge in [-0.05, 0) is 24.6 Å². The molecule has 1 aromatic heterocycles. The van der Waals surface area contributed by atoms with Crippen molar-refractivity contribution in [2.75, 3.05) is 43.1 Å². The predicted octanol–water partition coefficient (Wildman–Crippen LogP) is 2.41. The number of nitrogens with zero attached hydrogens (tertiary/aromatic N) is 3. The van der Waals surface area contributed by atoms with Gasteiger partial charge in [0.25, 0.3) is 0 Å². The zero-order valence-electron chi connectivity index (χ0n) is 16.2. The fourth-order valence-corrected chi connectivity index (χ4v) is 4.28. The van der Waals surface area contributed by atoms with Crippen LogP contribution in [0.25, 0.3) is 0 Å². The largest absolute Gasteiger partial charge is 0.379 e. The van der Waals surface area contributed by atoms with E-state index in [1.54, 1.807) is 19.1 Å². The summed E-state index contributed by atoms with van der Waals surface area (Å²) in [6.07, 6.45) is 0.0607. The van der Waals surface area contributed by atoms with E-state index < -0.39 is 11.7 Å². The van der Waals surface area contributed by atoms with Crippen LogP contribution in [0.15, 0.2) is 23.6 Å². The fraction of sp³-hybridized carbons (Fsp3) is 0.450. The third-order valence-corrected chi connectivity index (χ3v) is 5.97. The molecule has 1 atom stereocenters. The molecule has 2 amide bonds. The molecular formula is C20H23FN4O3S. The van der Waals surface area contributed by atoms with Crippen molar-refractivity contribution in [3.63, 3.8) is 0 Å². The van der Waals surface area contributed by atoms with Gasteiger partial charge in [0.15, 0.2) is 5.13 Å². The Hall–Kier alpha value is -2.36. The normalized spacial score (nSPS) is 20.3. The number of aryl methyl sites for hydroxylation is 1. The lowest BCUT2D eigenvalue weighted by Crippen LogP contribution is -2.35. The van der Waals surface area contributed by atoms with Gasteiger partial charge in [0.2, 0.25) is 11.8 Å². The van der Waals surface area contributed by atoms with E-state index >= 15 is 0 Å². The molecule has 0 bridgehead atoms. The van der Waals surface area contributed by atoms with Gasteiger partial charge in [0, 0.05) is 38.0 Å². The van der Waals surface area contributed by atoms with E-state index in [2.05, 4.69) is 15.2 Å². The zero-order chi connectivity index (χ0) is 20.4. The van der Waals surface area contributed by atoms with Crippen LogP contribution in [-0.4, -0.2) is 54.5 Å². The van der Waals surface area contributed by atoms with E-state index in [-0.39, 0.29) is 30.5 Å². The van der Waals surface area contributed by atoms with Crippen LogP contribution in [-0.2, 0) is 20.9 Å². The number of hydrogen-bond acceptors (Lipinski definition) is 6. The highest BCUT2D eigenvalue weighted by molar-refractivity contribution is 7.13. The summed E-state index contributed by atoms with van der Waals surface area (Å²) in [5.41, 5.74) is 1.90. The lowest BCUT2D eigenvalue weighted by molar-refractivity contribution is -0.122. The summed E-state index contributed by atoms with van der Waals surface area (Å²) in [5.74, 6) is -1.50. The maximum atomic E-state index is 14.2. The number of thiazole rings is 1. The van der Waals surface area contributed by atoms with Gasteiger partial charge >= 0.3 is 0 Å². The third kappa shape index (κ3) is 4.63. The number of anilines is 2. The first kappa shape index (κ1) is 19.9. The number of benzene rings is 1. The molecule has 1 unspecified atom stereocenters. The van der Waals surface area contributed by atoms with Crippen molar-refractivity contribution in [3.05, 3.63) is 40.7 Å². The Kier molecular flexibility index (Phi) is 5.89. The second-order valence-corrected chi connectivity index (χ2v) is 8.24. The quantitative estimate of drug-likeness (QED) is 0.807. The van der Waals surface area contributed by atoms with Crippen molar-refractivity contribution in [3.8, 4) is 0 Å². The second-order valence-electron chi connectivity index (χ2n) is 7.38. The molecule has 0 aliphatic carbocycles. The van der Waals surface area contributed by atoms with Crippen molar-refractivity contribution in [1.29, 1.82) is 0 Å². The first-order chi connectivity index (χ1) is 14.0. The standard InChI is InChI=1S/C20H23FN4O3S/c1-13-2-3-17(16(21)8-13)25-10-14(9-18(25)26)19(27)23-20-22-15(12-29-20)11-24-4-6-28-7-5-24/h2-3,8,12,14H,4-7,9-11H2,1H3,(H,22,23,27). The number of nitrogens with one attached hydrogen (secondary N) is 1. The molecule has 0 radical (unpaired) electrons. The van der Waals surface area contributed by atoms with Gasteiger partial charge in [0.1, 0.15) is 5.82 Å². The van der Waals surface area contributed by atoms with Crippen molar-refractivity contribution in [2.24, 2.45) is 5.92 Å². The number of ether oxygens (including phenoxy) is 1. The molecule has 0 spiro atoms. The minimum atomic E-state index is -0.533. The number of halogens is 1. The lowest BCUT2D eigenvalue weighted by atomic mass is 10.1. The van der Waals surface area contributed by atoms with Gasteiger partial charge in [-0.2, -0.15) is 0 Å². The van der Waals surface area contributed by atoms with Gasteiger partial charge in [-0.15, -0.1) is 11.3 Å². The van der Waals surface area contributed by atoms with Crippen LogP contribution in [0.1, 0.15) is 17.7 Å². The van der Waals surface area contributed by atoms with Gasteiger partial charge in [0.05, 0.1) is 30.5 Å². The number of hydrogen-bond donors (Lipinski definition) is 1. The van der Waals surface area contributed by atoms with Crippen molar-refractivity contribution < 1.29 is 18.7 Å². The Morgan fingerprint density at radius 2 is 2.17 bits per heavy atom. The summed E-state index contributed by atoms with van der Waals surface area (Å²) in [6.45, 7) is 5.86. The molecule has 29 heavy (non-hydrogen) atoms. The Balaban J connectivity index is 1.36. The molecular weight excluding hydrogens is 395 g/mol. The molecule has 1 aromatic carbocycles. The van der Waals surface area contributed by atoms with E-state index in [4.69, 9.17) is 4.74 Å². The molecule has 1 N–H and O–H groups in total. The lowest BCUT2D eigenvalue weighted by Gasteiger charge is -2.25. The van der Waals surface area contributed by atoms with Crippen LogP contribution in [0.4, 0.5) is 15.2 Å². The maximum Gasteiger partial charge on any atom is 0.231 e. The first-order valence-electron chi connectivity index (χ1n) is 9.61. The molecule has 2 aliphatic rings. The molecule has 2 aromatic rings. The minimum absolute atomic E-state index is 0.0607. The molecule has 2 aliphatic heterocycles. The van der Waals surface area contributed by atoms with Gasteiger partial charge in [-0.1, -0.05) is 6.07 Å². The van der Waals surface area contributed by atoms with E-state index in [0.29, 0.717) is 5.13 Å². The highest BCUT2D eigenvalue weighted by Gasteiger charge is 2.36. The van der Waals surface area contributed by atoms with Crippen LogP contribution in [0, 0.1) is 18.7 Å². The molecule has 4 rings (SSSR count). The number of aromatic nitrogens is 1. The molecule has 154 valence electrons. The zero-order valence-corrected chi connectivity index (χ0v) is 17.0. The van der Waals surface area contributed by atoms with Gasteiger partial charge in [-0.3, -0.25) is 14.5 Å². The Morgan fingerprint density at radius 1 is 1.38 bits per heavy atom. The van der Waals surface area contributed by atoms with Crippen molar-refractivity contribution in [2.45, 2.75) is 19.9 Å². The summed E-state index contributed by atoms with van der Waals surface area (Å²) in [4.78, 5) is 33.1. The van der Waals surface area contributed by atoms with Crippen LogP contribution in [0.3, 0.4) is 0 Å². The summed E-state index contributed by atoms with van der Waals surface area (Å²) in [5, 5.41) is 5.26. The van der Waals surface area contributed by atoms with Crippen LogP contribution < -0.4 is 10.2 Å². The summed E-state index contributed by atoms with van der Waals surface area (Å²) in [7, 11) is 0. The smallest absolute Gasteiger partial charge is 0.231 e. The molecule has 0 saturated carbocycles. The molecule has 9 heteroatoms. The highest BCUT2D eigenvalue weighted by Crippen LogP contribution is 2.29. The fourth-order valence-electron chi connectivity index (χ4n) is 3.58. The van der Waals surface area contributed by atoms with Crippen molar-refractivity contribution >= 4 is 34.0 Å². The number of morpholine rings is 1. The van der Waals surface area contributed by atoms with Crippen LogP contribution in [0.5, 0.6) is 0 Å². The average Bonchev–Trinajstić information content (AvgIpc) is 3.29. The first-order valence-corrected chi connectivity index (χ1v) is 10.5. The topological polar surface area (TPSA) is 74.8 Å². The van der Waals surface area contributed by atoms with E-state index in [0.717, 1.165) is 44.1 Å². The SMILES string of the molecule is Cc1ccc(N2CC(C(=O)Nc3nc(CN4CCOCC4)cs3)CC2=O)c(F)c1. The second kappa shape index (κ2) is 8.56. The van der Waals surface area contributed by atoms with Crippen LogP contribution >= 0.6 is 11.3 Å². The molecule has 3 heterocycles. The van der Waals surface area contributed by atoms with Crippen molar-refractivity contribution in [1.82, 2.24) is 9.88 Å². The number of rotatable bonds is 5. The summed E-state index contributed by atoms with van der Waals surface area (Å²) in [6, 6.07) is 4.73. The Bertz CT molecular complexity index is 913. The van der Waals surface area contributed by atoms with Gasteiger partial charge in [-0.25, -0.2) is 9.37 Å². The minimum Gasteiger partial charge on any atom is -0.379 e. The highest BCUT2D eigenvalue weighted by atomic mass is 32.1. The molecule has 7 nitrogen and oxygen atoms in total. The number of carbonyl (C=O) groups excluding carboxylic acids is 2. The maximum absolute atomic E-state index is 14.2. The molecule has 2 saturated heterocycles. The van der Waals surface area contributed by atoms with E-state index in [1.165, 1.54) is 22.3 Å². The number of carbonyl (C=O) groups is 2. The van der Waals surface area contributed by atoms with E-state index in [9.17, 15) is 14.0 Å². The monoisotopic (exact) mass is 418 g/mol. The number of amides is 2. The summed E-state index contributed by atoms with van der Waals surface area (Å²) >= 11 is 1.37. The van der Waals surface area contributed by atoms with Gasteiger partial charge < -0.3 is 15.0 Å². The Labute approximate surface area is 172 Å². The van der Waals surface area contributed by atoms with Crippen LogP contribution in [0.2, 0.25) is 0 Å². The third-order valence-electron chi connectivity index (χ3n) is 5.16. The predicted molar refractivity (Wildman–Crippen MR) is 108 cm³/mol. The average molecular weight is 418 g/mol. The Morgan fingerprint density at radius 3 is 2.93 bits per heavy atom. The summed E-state index contributed by atoms with van der Waals surface area (Å²) < 4.78 is 19.6.